The zero-order chi connectivity index (χ0) is 9.68. The third-order valence-corrected chi connectivity index (χ3v) is 2.13. The van der Waals surface area contributed by atoms with Crippen molar-refractivity contribution in [1.82, 2.24) is 9.97 Å². The van der Waals surface area contributed by atoms with Crippen LogP contribution < -0.4 is 5.73 Å². The SMILES string of the molecule is CCSc1cc(N)nc(COC)n1. The Morgan fingerprint density at radius 2 is 2.31 bits per heavy atom. The molecule has 0 radical (unpaired) electrons. The van der Waals surface area contributed by atoms with Gasteiger partial charge in [-0.15, -0.1) is 11.8 Å². The van der Waals surface area contributed by atoms with Crippen molar-refractivity contribution in [1.29, 1.82) is 0 Å². The monoisotopic (exact) mass is 199 g/mol. The summed E-state index contributed by atoms with van der Waals surface area (Å²) in [5, 5.41) is 0.905. The van der Waals surface area contributed by atoms with Crippen molar-refractivity contribution in [2.75, 3.05) is 18.6 Å². The van der Waals surface area contributed by atoms with Crippen molar-refractivity contribution in [2.24, 2.45) is 0 Å². The molecule has 0 aromatic carbocycles. The van der Waals surface area contributed by atoms with E-state index in [1.807, 2.05) is 0 Å². The Morgan fingerprint density at radius 3 is 2.92 bits per heavy atom. The predicted octanol–water partition coefficient (Wildman–Crippen LogP) is 1.32. The summed E-state index contributed by atoms with van der Waals surface area (Å²) in [6.07, 6.45) is 0. The van der Waals surface area contributed by atoms with E-state index in [9.17, 15) is 0 Å². The molecule has 1 aromatic rings. The van der Waals surface area contributed by atoms with Crippen LogP contribution in [0.1, 0.15) is 12.7 Å². The van der Waals surface area contributed by atoms with Crippen LogP contribution in [0.2, 0.25) is 0 Å². The van der Waals surface area contributed by atoms with E-state index in [-0.39, 0.29) is 0 Å². The molecule has 0 amide bonds. The van der Waals surface area contributed by atoms with Gasteiger partial charge in [-0.3, -0.25) is 0 Å². The standard InChI is InChI=1S/C8H13N3OS/c1-3-13-8-4-6(9)10-7(11-8)5-12-2/h4H,3,5H2,1-2H3,(H2,9,10,11). The molecule has 13 heavy (non-hydrogen) atoms. The maximum Gasteiger partial charge on any atom is 0.157 e. The lowest BCUT2D eigenvalue weighted by Gasteiger charge is -2.03. The highest BCUT2D eigenvalue weighted by molar-refractivity contribution is 7.99. The Labute approximate surface area is 81.9 Å². The smallest absolute Gasteiger partial charge is 0.157 e. The van der Waals surface area contributed by atoms with E-state index in [1.54, 1.807) is 24.9 Å². The Balaban J connectivity index is 2.83. The highest BCUT2D eigenvalue weighted by Crippen LogP contribution is 2.16. The molecular weight excluding hydrogens is 186 g/mol. The summed E-state index contributed by atoms with van der Waals surface area (Å²) in [5.74, 6) is 2.11. The molecule has 0 spiro atoms. The van der Waals surface area contributed by atoms with Gasteiger partial charge in [0, 0.05) is 13.2 Å². The average molecular weight is 199 g/mol. The number of nitrogens with zero attached hydrogens (tertiary/aromatic N) is 2. The zero-order valence-corrected chi connectivity index (χ0v) is 8.60. The predicted molar refractivity (Wildman–Crippen MR) is 53.6 cm³/mol. The Kier molecular flexibility index (Phi) is 3.98. The lowest BCUT2D eigenvalue weighted by atomic mass is 10.5. The molecule has 5 heteroatoms. The van der Waals surface area contributed by atoms with Crippen LogP contribution in [0, 0.1) is 0 Å². The van der Waals surface area contributed by atoms with Crippen LogP contribution in [0.3, 0.4) is 0 Å². The normalized spacial score (nSPS) is 10.3. The van der Waals surface area contributed by atoms with Gasteiger partial charge in [0.15, 0.2) is 5.82 Å². The van der Waals surface area contributed by atoms with Crippen LogP contribution in [-0.4, -0.2) is 22.8 Å². The number of anilines is 1. The van der Waals surface area contributed by atoms with Gasteiger partial charge in [0.25, 0.3) is 0 Å². The summed E-state index contributed by atoms with van der Waals surface area (Å²) < 4.78 is 4.93. The van der Waals surface area contributed by atoms with Crippen molar-refractivity contribution in [3.8, 4) is 0 Å². The lowest BCUT2D eigenvalue weighted by Crippen LogP contribution is -2.01. The van der Waals surface area contributed by atoms with Crippen LogP contribution in [-0.2, 0) is 11.3 Å². The van der Waals surface area contributed by atoms with Crippen molar-refractivity contribution >= 4 is 17.6 Å². The second-order valence-corrected chi connectivity index (χ2v) is 3.70. The minimum absolute atomic E-state index is 0.405. The number of methoxy groups -OCH3 is 1. The second kappa shape index (κ2) is 5.04. The Morgan fingerprint density at radius 1 is 1.54 bits per heavy atom. The van der Waals surface area contributed by atoms with Crippen molar-refractivity contribution in [3.05, 3.63) is 11.9 Å². The number of nitrogens with two attached hydrogens (primary N) is 1. The molecular formula is C8H13N3OS. The highest BCUT2D eigenvalue weighted by atomic mass is 32.2. The molecule has 1 aromatic heterocycles. The van der Waals surface area contributed by atoms with Gasteiger partial charge >= 0.3 is 0 Å². The molecule has 1 rings (SSSR count). The van der Waals surface area contributed by atoms with E-state index in [0.29, 0.717) is 18.2 Å². The fraction of sp³-hybridized carbons (Fsp3) is 0.500. The zero-order valence-electron chi connectivity index (χ0n) is 7.78. The minimum Gasteiger partial charge on any atom is -0.384 e. The van der Waals surface area contributed by atoms with Gasteiger partial charge in [0.2, 0.25) is 0 Å². The summed E-state index contributed by atoms with van der Waals surface area (Å²) in [5.41, 5.74) is 5.60. The van der Waals surface area contributed by atoms with Gasteiger partial charge in [-0.1, -0.05) is 6.92 Å². The van der Waals surface area contributed by atoms with Gasteiger partial charge in [0.05, 0.1) is 0 Å². The summed E-state index contributed by atoms with van der Waals surface area (Å²) in [6, 6.07) is 1.77. The van der Waals surface area contributed by atoms with E-state index in [2.05, 4.69) is 16.9 Å². The number of rotatable bonds is 4. The molecule has 0 aliphatic heterocycles. The number of hydrogen-bond donors (Lipinski definition) is 1. The van der Waals surface area contributed by atoms with Crippen LogP contribution in [0.4, 0.5) is 5.82 Å². The highest BCUT2D eigenvalue weighted by Gasteiger charge is 2.01. The van der Waals surface area contributed by atoms with Crippen LogP contribution in [0.15, 0.2) is 11.1 Å². The number of thioether (sulfide) groups is 1. The van der Waals surface area contributed by atoms with Crippen molar-refractivity contribution in [2.45, 2.75) is 18.6 Å². The first-order valence-electron chi connectivity index (χ1n) is 4.01. The van der Waals surface area contributed by atoms with Gasteiger partial charge in [-0.05, 0) is 5.75 Å². The molecule has 2 N–H and O–H groups in total. The van der Waals surface area contributed by atoms with Gasteiger partial charge in [-0.25, -0.2) is 9.97 Å². The number of ether oxygens (including phenoxy) is 1. The van der Waals surface area contributed by atoms with E-state index >= 15 is 0 Å². The van der Waals surface area contributed by atoms with Gasteiger partial charge < -0.3 is 10.5 Å². The van der Waals surface area contributed by atoms with Crippen molar-refractivity contribution in [3.63, 3.8) is 0 Å². The summed E-state index contributed by atoms with van der Waals surface area (Å²) in [6.45, 7) is 2.47. The molecule has 72 valence electrons. The van der Waals surface area contributed by atoms with E-state index in [0.717, 1.165) is 10.8 Å². The average Bonchev–Trinajstić information content (AvgIpc) is 2.04. The molecule has 0 atom stereocenters. The topological polar surface area (TPSA) is 61.0 Å². The number of aromatic nitrogens is 2. The largest absolute Gasteiger partial charge is 0.384 e. The molecule has 0 unspecified atom stereocenters. The molecule has 1 heterocycles. The van der Waals surface area contributed by atoms with E-state index < -0.39 is 0 Å². The fourth-order valence-corrected chi connectivity index (χ4v) is 1.58. The Bertz CT molecular complexity index is 256. The molecule has 0 aliphatic rings. The second-order valence-electron chi connectivity index (χ2n) is 2.41. The van der Waals surface area contributed by atoms with Crippen LogP contribution >= 0.6 is 11.8 Å². The fourth-order valence-electron chi connectivity index (χ4n) is 0.908. The van der Waals surface area contributed by atoms with E-state index in [1.165, 1.54) is 0 Å². The quantitative estimate of drug-likeness (QED) is 0.585. The molecule has 0 saturated carbocycles. The first kappa shape index (κ1) is 10.3. The Hall–Kier alpha value is -0.810. The molecule has 0 saturated heterocycles. The van der Waals surface area contributed by atoms with Gasteiger partial charge in [0.1, 0.15) is 17.5 Å². The number of nitrogen functional groups attached to an aromatic ring is 1. The number of hydrogen-bond acceptors (Lipinski definition) is 5. The molecule has 0 fully saturated rings. The maximum atomic E-state index is 5.60. The third kappa shape index (κ3) is 3.20. The summed E-state index contributed by atoms with van der Waals surface area (Å²) in [7, 11) is 1.61. The first-order chi connectivity index (χ1) is 6.26. The first-order valence-corrected chi connectivity index (χ1v) is 5.00. The molecule has 0 aliphatic carbocycles. The molecule has 0 bridgehead atoms. The maximum absolute atomic E-state index is 5.60. The minimum atomic E-state index is 0.405. The summed E-state index contributed by atoms with van der Waals surface area (Å²) >= 11 is 1.64. The third-order valence-electron chi connectivity index (χ3n) is 1.33. The van der Waals surface area contributed by atoms with Gasteiger partial charge in [-0.2, -0.15) is 0 Å². The van der Waals surface area contributed by atoms with Crippen molar-refractivity contribution < 1.29 is 4.74 Å². The van der Waals surface area contributed by atoms with Crippen LogP contribution in [0.5, 0.6) is 0 Å². The summed E-state index contributed by atoms with van der Waals surface area (Å²) in [4.78, 5) is 8.29. The van der Waals surface area contributed by atoms with Crippen LogP contribution in [0.25, 0.3) is 0 Å². The molecule has 4 nitrogen and oxygen atoms in total. The van der Waals surface area contributed by atoms with E-state index in [4.69, 9.17) is 10.5 Å². The lowest BCUT2D eigenvalue weighted by molar-refractivity contribution is 0.177.